The molecule has 1 amide bonds. The topological polar surface area (TPSA) is 62.0 Å². The zero-order chi connectivity index (χ0) is 13.0. The van der Waals surface area contributed by atoms with Gasteiger partial charge in [-0.25, -0.2) is 0 Å². The number of amides is 1. The first-order chi connectivity index (χ1) is 8.70. The van der Waals surface area contributed by atoms with E-state index in [0.717, 1.165) is 32.7 Å². The quantitative estimate of drug-likeness (QED) is 0.660. The van der Waals surface area contributed by atoms with E-state index in [-0.39, 0.29) is 5.91 Å². The molecule has 0 aromatic rings. The molecule has 2 fully saturated rings. The number of rotatable bonds is 3. The second-order valence-electron chi connectivity index (χ2n) is 5.12. The van der Waals surface area contributed by atoms with Crippen molar-refractivity contribution in [2.75, 3.05) is 66.1 Å². The number of nitrogens with two attached hydrogens (primary N) is 1. The van der Waals surface area contributed by atoms with Gasteiger partial charge in [0.05, 0.1) is 19.8 Å². The molecule has 6 nitrogen and oxygen atoms in total. The molecular weight excluding hydrogens is 232 g/mol. The van der Waals surface area contributed by atoms with Crippen molar-refractivity contribution in [1.29, 1.82) is 0 Å². The van der Waals surface area contributed by atoms with Crippen LogP contribution in [0.4, 0.5) is 0 Å². The van der Waals surface area contributed by atoms with Crippen LogP contribution in [0.3, 0.4) is 0 Å². The summed E-state index contributed by atoms with van der Waals surface area (Å²) in [5.41, 5.74) is 5.80. The van der Waals surface area contributed by atoms with E-state index in [4.69, 9.17) is 10.5 Å². The van der Waals surface area contributed by atoms with Crippen LogP contribution in [0, 0.1) is 0 Å². The molecule has 0 aromatic heterocycles. The van der Waals surface area contributed by atoms with Gasteiger partial charge in [0.2, 0.25) is 5.91 Å². The SMILES string of the molecule is CN1CCN(CC(=O)N2CCOCC2)C(CN)C1. The summed E-state index contributed by atoms with van der Waals surface area (Å²) in [4.78, 5) is 18.6. The van der Waals surface area contributed by atoms with Crippen molar-refractivity contribution in [3.63, 3.8) is 0 Å². The third-order valence-corrected chi connectivity index (χ3v) is 3.78. The van der Waals surface area contributed by atoms with Crippen molar-refractivity contribution in [3.05, 3.63) is 0 Å². The molecule has 0 aromatic carbocycles. The van der Waals surface area contributed by atoms with Gasteiger partial charge in [0.15, 0.2) is 0 Å². The molecule has 2 aliphatic rings. The third kappa shape index (κ3) is 3.41. The number of likely N-dealkylation sites (N-methyl/N-ethyl adjacent to an activating group) is 1. The first kappa shape index (κ1) is 13.7. The fraction of sp³-hybridized carbons (Fsp3) is 0.917. The average Bonchev–Trinajstić information content (AvgIpc) is 2.41. The Bertz CT molecular complexity index is 281. The van der Waals surface area contributed by atoms with Gasteiger partial charge in [-0.2, -0.15) is 0 Å². The molecule has 0 saturated carbocycles. The molecule has 2 rings (SSSR count). The van der Waals surface area contributed by atoms with E-state index in [1.165, 1.54) is 0 Å². The van der Waals surface area contributed by atoms with Crippen LogP contribution >= 0.6 is 0 Å². The zero-order valence-corrected chi connectivity index (χ0v) is 11.2. The maximum absolute atomic E-state index is 12.2. The fourth-order valence-electron chi connectivity index (χ4n) is 2.57. The van der Waals surface area contributed by atoms with E-state index in [1.54, 1.807) is 0 Å². The molecule has 6 heteroatoms. The van der Waals surface area contributed by atoms with Crippen molar-refractivity contribution in [2.45, 2.75) is 6.04 Å². The predicted octanol–water partition coefficient (Wildman–Crippen LogP) is -1.58. The van der Waals surface area contributed by atoms with Crippen LogP contribution in [-0.2, 0) is 9.53 Å². The van der Waals surface area contributed by atoms with Crippen molar-refractivity contribution in [2.24, 2.45) is 5.73 Å². The molecule has 1 atom stereocenters. The Morgan fingerprint density at radius 1 is 1.28 bits per heavy atom. The minimum absolute atomic E-state index is 0.210. The molecular formula is C12H24N4O2. The van der Waals surface area contributed by atoms with Gasteiger partial charge in [0.1, 0.15) is 0 Å². The van der Waals surface area contributed by atoms with Gasteiger partial charge in [0.25, 0.3) is 0 Å². The van der Waals surface area contributed by atoms with Crippen molar-refractivity contribution in [3.8, 4) is 0 Å². The van der Waals surface area contributed by atoms with Crippen LogP contribution in [0.15, 0.2) is 0 Å². The number of piperazine rings is 1. The molecule has 0 bridgehead atoms. The highest BCUT2D eigenvalue weighted by atomic mass is 16.5. The van der Waals surface area contributed by atoms with Gasteiger partial charge in [-0.1, -0.05) is 0 Å². The Hall–Kier alpha value is -0.690. The minimum Gasteiger partial charge on any atom is -0.378 e. The smallest absolute Gasteiger partial charge is 0.236 e. The van der Waals surface area contributed by atoms with Crippen molar-refractivity contribution >= 4 is 5.91 Å². The van der Waals surface area contributed by atoms with Crippen LogP contribution in [0.5, 0.6) is 0 Å². The van der Waals surface area contributed by atoms with Crippen LogP contribution in [0.1, 0.15) is 0 Å². The average molecular weight is 256 g/mol. The second-order valence-corrected chi connectivity index (χ2v) is 5.12. The molecule has 0 aliphatic carbocycles. The van der Waals surface area contributed by atoms with Crippen LogP contribution in [0.25, 0.3) is 0 Å². The minimum atomic E-state index is 0.210. The zero-order valence-electron chi connectivity index (χ0n) is 11.2. The first-order valence-electron chi connectivity index (χ1n) is 6.69. The highest BCUT2D eigenvalue weighted by molar-refractivity contribution is 5.78. The Balaban J connectivity index is 1.85. The molecule has 1 unspecified atom stereocenters. The first-order valence-corrected chi connectivity index (χ1v) is 6.69. The summed E-state index contributed by atoms with van der Waals surface area (Å²) in [5.74, 6) is 0.210. The monoisotopic (exact) mass is 256 g/mol. The second kappa shape index (κ2) is 6.47. The van der Waals surface area contributed by atoms with Gasteiger partial charge in [-0.05, 0) is 7.05 Å². The number of carbonyl (C=O) groups excluding carboxylic acids is 1. The summed E-state index contributed by atoms with van der Waals surface area (Å²) in [5, 5.41) is 0. The fourth-order valence-corrected chi connectivity index (χ4v) is 2.57. The van der Waals surface area contributed by atoms with E-state index in [1.807, 2.05) is 4.90 Å². The molecule has 2 heterocycles. The molecule has 0 radical (unpaired) electrons. The number of ether oxygens (including phenoxy) is 1. The predicted molar refractivity (Wildman–Crippen MR) is 69.3 cm³/mol. The van der Waals surface area contributed by atoms with Crippen molar-refractivity contribution in [1.82, 2.24) is 14.7 Å². The van der Waals surface area contributed by atoms with E-state index >= 15 is 0 Å². The summed E-state index contributed by atoms with van der Waals surface area (Å²) < 4.78 is 5.26. The largest absolute Gasteiger partial charge is 0.378 e. The Morgan fingerprint density at radius 2 is 2.00 bits per heavy atom. The van der Waals surface area contributed by atoms with E-state index in [2.05, 4.69) is 16.8 Å². The lowest BCUT2D eigenvalue weighted by Gasteiger charge is -2.40. The summed E-state index contributed by atoms with van der Waals surface area (Å²) in [6.07, 6.45) is 0. The normalized spacial score (nSPS) is 27.4. The lowest BCUT2D eigenvalue weighted by Crippen LogP contribution is -2.57. The van der Waals surface area contributed by atoms with Crippen molar-refractivity contribution < 1.29 is 9.53 Å². The number of nitrogens with zero attached hydrogens (tertiary/aromatic N) is 3. The number of hydrogen-bond acceptors (Lipinski definition) is 5. The van der Waals surface area contributed by atoms with E-state index in [9.17, 15) is 4.79 Å². The summed E-state index contributed by atoms with van der Waals surface area (Å²) in [6.45, 7) is 6.76. The standard InChI is InChI=1S/C12H24N4O2/c1-14-2-3-16(11(8-13)9-14)10-12(17)15-4-6-18-7-5-15/h11H,2-10,13H2,1H3. The maximum Gasteiger partial charge on any atom is 0.236 e. The van der Waals surface area contributed by atoms with E-state index in [0.29, 0.717) is 32.3 Å². The highest BCUT2D eigenvalue weighted by Crippen LogP contribution is 2.08. The number of morpholine rings is 1. The lowest BCUT2D eigenvalue weighted by atomic mass is 10.1. The van der Waals surface area contributed by atoms with Gasteiger partial charge < -0.3 is 20.3 Å². The summed E-state index contributed by atoms with van der Waals surface area (Å²) >= 11 is 0. The summed E-state index contributed by atoms with van der Waals surface area (Å²) in [6, 6.07) is 0.300. The van der Waals surface area contributed by atoms with Gasteiger partial charge in [-0.3, -0.25) is 9.69 Å². The molecule has 0 spiro atoms. The van der Waals surface area contributed by atoms with Crippen LogP contribution < -0.4 is 5.73 Å². The lowest BCUT2D eigenvalue weighted by molar-refractivity contribution is -0.137. The van der Waals surface area contributed by atoms with Crippen LogP contribution in [0.2, 0.25) is 0 Å². The van der Waals surface area contributed by atoms with Gasteiger partial charge >= 0.3 is 0 Å². The van der Waals surface area contributed by atoms with E-state index < -0.39 is 0 Å². The Morgan fingerprint density at radius 3 is 2.67 bits per heavy atom. The Labute approximate surface area is 109 Å². The highest BCUT2D eigenvalue weighted by Gasteiger charge is 2.27. The molecule has 2 aliphatic heterocycles. The molecule has 2 saturated heterocycles. The molecule has 18 heavy (non-hydrogen) atoms. The van der Waals surface area contributed by atoms with Gasteiger partial charge in [0, 0.05) is 45.3 Å². The summed E-state index contributed by atoms with van der Waals surface area (Å²) in [7, 11) is 2.10. The van der Waals surface area contributed by atoms with Gasteiger partial charge in [-0.15, -0.1) is 0 Å². The molecule has 2 N–H and O–H groups in total. The Kier molecular flexibility index (Phi) is 4.94. The number of hydrogen-bond donors (Lipinski definition) is 1. The number of carbonyl (C=O) groups is 1. The third-order valence-electron chi connectivity index (χ3n) is 3.78. The van der Waals surface area contributed by atoms with Crippen LogP contribution in [-0.4, -0.2) is 92.7 Å². The molecule has 104 valence electrons. The maximum atomic E-state index is 12.2.